The lowest BCUT2D eigenvalue weighted by atomic mass is 10.1. The van der Waals surface area contributed by atoms with Gasteiger partial charge in [0.2, 0.25) is 0 Å². The fourth-order valence-corrected chi connectivity index (χ4v) is 2.03. The SMILES string of the molecule is CCCCCCCCCCC(S)[N+](C)(C)C.[Cl-]. The van der Waals surface area contributed by atoms with Crippen LogP contribution in [0.5, 0.6) is 0 Å². The van der Waals surface area contributed by atoms with Gasteiger partial charge in [-0.1, -0.05) is 51.9 Å². The first-order valence-electron chi connectivity index (χ1n) is 6.97. The molecule has 106 valence electrons. The molecule has 0 fully saturated rings. The Morgan fingerprint density at radius 2 is 1.24 bits per heavy atom. The Morgan fingerprint density at radius 1 is 0.824 bits per heavy atom. The van der Waals surface area contributed by atoms with Gasteiger partial charge in [-0.25, -0.2) is 0 Å². The topological polar surface area (TPSA) is 0 Å². The molecule has 0 aliphatic carbocycles. The number of thiol groups is 1. The molecule has 0 N–H and O–H groups in total. The minimum Gasteiger partial charge on any atom is -1.00 e. The quantitative estimate of drug-likeness (QED) is 0.267. The number of hydrogen-bond donors (Lipinski definition) is 1. The molecule has 0 rings (SSSR count). The minimum atomic E-state index is 0. The van der Waals surface area contributed by atoms with Crippen LogP contribution in [-0.4, -0.2) is 31.0 Å². The van der Waals surface area contributed by atoms with Gasteiger partial charge < -0.3 is 16.9 Å². The number of quaternary nitrogens is 1. The van der Waals surface area contributed by atoms with Crippen LogP contribution in [0.25, 0.3) is 0 Å². The van der Waals surface area contributed by atoms with Crippen LogP contribution < -0.4 is 12.4 Å². The van der Waals surface area contributed by atoms with Crippen molar-refractivity contribution in [2.75, 3.05) is 21.1 Å². The van der Waals surface area contributed by atoms with E-state index in [0.717, 1.165) is 4.48 Å². The molecule has 17 heavy (non-hydrogen) atoms. The van der Waals surface area contributed by atoms with E-state index in [1.807, 2.05) is 0 Å². The predicted molar refractivity (Wildman–Crippen MR) is 78.0 cm³/mol. The van der Waals surface area contributed by atoms with E-state index >= 15 is 0 Å². The van der Waals surface area contributed by atoms with Crippen molar-refractivity contribution in [3.05, 3.63) is 0 Å². The molecule has 0 bridgehead atoms. The molecule has 1 unspecified atom stereocenters. The van der Waals surface area contributed by atoms with Gasteiger partial charge in [-0.3, -0.25) is 0 Å². The van der Waals surface area contributed by atoms with Crippen molar-refractivity contribution < 1.29 is 16.9 Å². The Kier molecular flexibility index (Phi) is 13.7. The van der Waals surface area contributed by atoms with E-state index in [4.69, 9.17) is 0 Å². The largest absolute Gasteiger partial charge is 1.00 e. The number of nitrogens with zero attached hydrogens (tertiary/aromatic N) is 1. The van der Waals surface area contributed by atoms with E-state index in [2.05, 4.69) is 40.7 Å². The fourth-order valence-electron chi connectivity index (χ4n) is 1.85. The summed E-state index contributed by atoms with van der Waals surface area (Å²) in [5, 5.41) is 0.500. The Labute approximate surface area is 121 Å². The van der Waals surface area contributed by atoms with Crippen molar-refractivity contribution >= 4 is 12.6 Å². The number of unbranched alkanes of at least 4 members (excludes halogenated alkanes) is 7. The van der Waals surface area contributed by atoms with E-state index in [1.54, 1.807) is 0 Å². The van der Waals surface area contributed by atoms with Crippen LogP contribution in [0.1, 0.15) is 64.7 Å². The third kappa shape index (κ3) is 12.8. The summed E-state index contributed by atoms with van der Waals surface area (Å²) in [6, 6.07) is 0. The van der Waals surface area contributed by atoms with Crippen molar-refractivity contribution in [1.82, 2.24) is 0 Å². The van der Waals surface area contributed by atoms with Gasteiger partial charge in [0, 0.05) is 6.42 Å². The number of hydrogen-bond acceptors (Lipinski definition) is 1. The first kappa shape index (κ1) is 19.9. The van der Waals surface area contributed by atoms with Gasteiger partial charge in [0.05, 0.1) is 21.1 Å². The van der Waals surface area contributed by atoms with Gasteiger partial charge in [-0.15, -0.1) is 12.6 Å². The van der Waals surface area contributed by atoms with Crippen molar-refractivity contribution in [3.8, 4) is 0 Å². The zero-order chi connectivity index (χ0) is 12.4. The maximum absolute atomic E-state index is 4.65. The lowest BCUT2D eigenvalue weighted by Gasteiger charge is -2.30. The molecule has 0 aliphatic heterocycles. The van der Waals surface area contributed by atoms with E-state index in [9.17, 15) is 0 Å². The Morgan fingerprint density at radius 3 is 1.65 bits per heavy atom. The molecule has 0 aromatic heterocycles. The van der Waals surface area contributed by atoms with Crippen LogP contribution in [0.4, 0.5) is 0 Å². The molecule has 0 saturated carbocycles. The van der Waals surface area contributed by atoms with E-state index < -0.39 is 0 Å². The van der Waals surface area contributed by atoms with Crippen molar-refractivity contribution in [2.45, 2.75) is 70.1 Å². The van der Waals surface area contributed by atoms with Crippen molar-refractivity contribution in [3.63, 3.8) is 0 Å². The molecular weight excluding hydrogens is 250 g/mol. The molecule has 0 amide bonds. The lowest BCUT2D eigenvalue weighted by Crippen LogP contribution is -3.00. The van der Waals surface area contributed by atoms with Crippen LogP contribution in [0, 0.1) is 0 Å². The first-order chi connectivity index (χ1) is 7.48. The van der Waals surface area contributed by atoms with Gasteiger partial charge in [-0.2, -0.15) is 0 Å². The molecule has 0 radical (unpaired) electrons. The molecule has 0 aromatic carbocycles. The summed E-state index contributed by atoms with van der Waals surface area (Å²) >= 11 is 4.65. The van der Waals surface area contributed by atoms with E-state index in [-0.39, 0.29) is 12.4 Å². The minimum absolute atomic E-state index is 0. The molecule has 1 atom stereocenters. The molecule has 1 nitrogen and oxygen atoms in total. The van der Waals surface area contributed by atoms with Crippen LogP contribution in [0.2, 0.25) is 0 Å². The normalized spacial score (nSPS) is 13.2. The highest BCUT2D eigenvalue weighted by Crippen LogP contribution is 2.16. The Balaban J connectivity index is 0. The van der Waals surface area contributed by atoms with E-state index in [0.29, 0.717) is 5.37 Å². The average Bonchev–Trinajstić information content (AvgIpc) is 2.20. The fraction of sp³-hybridized carbons (Fsp3) is 1.00. The van der Waals surface area contributed by atoms with Crippen LogP contribution in [0.15, 0.2) is 0 Å². The monoisotopic (exact) mass is 281 g/mol. The van der Waals surface area contributed by atoms with Crippen LogP contribution in [-0.2, 0) is 0 Å². The molecule has 0 saturated heterocycles. The van der Waals surface area contributed by atoms with Gasteiger partial charge in [-0.05, 0) is 6.42 Å². The Hall–Kier alpha value is 0.600. The summed E-state index contributed by atoms with van der Waals surface area (Å²) in [7, 11) is 6.67. The smallest absolute Gasteiger partial charge is 0.132 e. The molecule has 0 aliphatic rings. The highest BCUT2D eigenvalue weighted by Gasteiger charge is 2.17. The van der Waals surface area contributed by atoms with Gasteiger partial charge in [0.1, 0.15) is 5.37 Å². The second-order valence-corrected chi connectivity index (χ2v) is 6.46. The number of rotatable bonds is 10. The van der Waals surface area contributed by atoms with Crippen LogP contribution >= 0.6 is 12.6 Å². The number of halogens is 1. The average molecular weight is 282 g/mol. The highest BCUT2D eigenvalue weighted by molar-refractivity contribution is 7.80. The molecular formula is C14H32ClNS. The maximum atomic E-state index is 4.65. The summed E-state index contributed by atoms with van der Waals surface area (Å²) in [4.78, 5) is 0. The summed E-state index contributed by atoms with van der Waals surface area (Å²) < 4.78 is 0.972. The van der Waals surface area contributed by atoms with Crippen molar-refractivity contribution in [2.24, 2.45) is 0 Å². The summed E-state index contributed by atoms with van der Waals surface area (Å²) in [5.41, 5.74) is 0. The zero-order valence-electron chi connectivity index (χ0n) is 12.2. The molecule has 0 aromatic rings. The second-order valence-electron chi connectivity index (χ2n) is 5.86. The third-order valence-electron chi connectivity index (χ3n) is 3.21. The Bertz CT molecular complexity index is 157. The van der Waals surface area contributed by atoms with Gasteiger partial charge >= 0.3 is 0 Å². The zero-order valence-corrected chi connectivity index (χ0v) is 13.9. The standard InChI is InChI=1S/C14H31NS.ClH/c1-5-6-7-8-9-10-11-12-13-14(16)15(2,3)4;/h14H,5-13H2,1-4H3;1H. The lowest BCUT2D eigenvalue weighted by molar-refractivity contribution is -0.880. The van der Waals surface area contributed by atoms with Crippen molar-refractivity contribution in [1.29, 1.82) is 0 Å². The molecule has 0 spiro atoms. The third-order valence-corrected chi connectivity index (χ3v) is 4.16. The molecule has 3 heteroatoms. The summed E-state index contributed by atoms with van der Waals surface area (Å²) in [6.07, 6.45) is 12.5. The summed E-state index contributed by atoms with van der Waals surface area (Å²) in [5.74, 6) is 0. The van der Waals surface area contributed by atoms with Gasteiger partial charge in [0.15, 0.2) is 0 Å². The second kappa shape index (κ2) is 11.7. The first-order valence-corrected chi connectivity index (χ1v) is 7.49. The molecule has 0 heterocycles. The van der Waals surface area contributed by atoms with E-state index in [1.165, 1.54) is 57.8 Å². The van der Waals surface area contributed by atoms with Crippen LogP contribution in [0.3, 0.4) is 0 Å². The highest BCUT2D eigenvalue weighted by atomic mass is 35.5. The van der Waals surface area contributed by atoms with Gasteiger partial charge in [0.25, 0.3) is 0 Å². The maximum Gasteiger partial charge on any atom is 0.132 e. The summed E-state index contributed by atoms with van der Waals surface area (Å²) in [6.45, 7) is 2.28. The predicted octanol–water partition coefficient (Wildman–Crippen LogP) is 1.48.